The lowest BCUT2D eigenvalue weighted by Crippen LogP contribution is -2.45. The number of aryl methyl sites for hydroxylation is 2. The fourth-order valence-corrected chi connectivity index (χ4v) is 4.29. The average molecular weight is 298 g/mol. The molecule has 0 saturated heterocycles. The summed E-state index contributed by atoms with van der Waals surface area (Å²) < 4.78 is 28.2. The largest absolute Gasteiger partial charge is 0.388 e. The number of hydrogen-bond acceptors (Lipinski definition) is 3. The van der Waals surface area contributed by atoms with Crippen LogP contribution in [-0.2, 0) is 10.0 Å². The smallest absolute Gasteiger partial charge is 0.241 e. The van der Waals surface area contributed by atoms with Gasteiger partial charge >= 0.3 is 0 Å². The number of rotatable bonds is 6. The predicted octanol–water partition coefficient (Wildman–Crippen LogP) is 3.20. The van der Waals surface area contributed by atoms with E-state index in [1.54, 1.807) is 0 Å². The van der Waals surface area contributed by atoms with Crippen LogP contribution in [0.1, 0.15) is 44.7 Å². The van der Waals surface area contributed by atoms with E-state index < -0.39 is 15.6 Å². The fourth-order valence-electron chi connectivity index (χ4n) is 2.29. The molecule has 0 fully saturated rings. The molecule has 0 unspecified atom stereocenters. The van der Waals surface area contributed by atoms with Gasteiger partial charge in [-0.25, -0.2) is 13.1 Å². The molecule has 0 saturated carbocycles. The van der Waals surface area contributed by atoms with Gasteiger partial charge in [0.05, 0.1) is 4.90 Å². The second kappa shape index (κ2) is 6.14. The molecular formula is C15H26N2O2S. The average Bonchev–Trinajstić information content (AvgIpc) is 2.36. The van der Waals surface area contributed by atoms with E-state index in [-0.39, 0.29) is 0 Å². The molecular weight excluding hydrogens is 272 g/mol. The first-order valence-electron chi connectivity index (χ1n) is 7.02. The molecule has 1 rings (SSSR count). The lowest BCUT2D eigenvalue weighted by molar-refractivity contribution is 0.388. The van der Waals surface area contributed by atoms with Crippen molar-refractivity contribution in [3.05, 3.63) is 23.3 Å². The van der Waals surface area contributed by atoms with Crippen molar-refractivity contribution in [3.8, 4) is 0 Å². The zero-order chi connectivity index (χ0) is 15.6. The van der Waals surface area contributed by atoms with Crippen LogP contribution in [0.2, 0.25) is 0 Å². The first-order chi connectivity index (χ1) is 9.19. The van der Waals surface area contributed by atoms with Crippen LogP contribution in [0, 0.1) is 13.8 Å². The van der Waals surface area contributed by atoms with E-state index in [4.69, 9.17) is 0 Å². The Morgan fingerprint density at radius 1 is 1.10 bits per heavy atom. The standard InChI is InChI=1S/C15H26N2O2S/c1-7-15(5,8-2)17-20(18,19)14-11(3)9-13(16-6)10-12(14)4/h9-10,16-17H,7-8H2,1-6H3. The number of benzene rings is 1. The molecule has 0 spiro atoms. The van der Waals surface area contributed by atoms with E-state index in [9.17, 15) is 8.42 Å². The van der Waals surface area contributed by atoms with Gasteiger partial charge in [0.15, 0.2) is 0 Å². The first kappa shape index (κ1) is 17.0. The summed E-state index contributed by atoms with van der Waals surface area (Å²) in [6.45, 7) is 9.60. The van der Waals surface area contributed by atoms with Crippen LogP contribution in [0.25, 0.3) is 0 Å². The Balaban J connectivity index is 3.30. The third-order valence-corrected chi connectivity index (χ3v) is 5.90. The van der Waals surface area contributed by atoms with Crippen LogP contribution in [-0.4, -0.2) is 21.0 Å². The lowest BCUT2D eigenvalue weighted by Gasteiger charge is -2.28. The maximum Gasteiger partial charge on any atom is 0.241 e. The highest BCUT2D eigenvalue weighted by Gasteiger charge is 2.29. The van der Waals surface area contributed by atoms with Crippen LogP contribution >= 0.6 is 0 Å². The maximum absolute atomic E-state index is 12.7. The second-order valence-corrected chi connectivity index (χ2v) is 7.18. The molecule has 20 heavy (non-hydrogen) atoms. The Morgan fingerprint density at radius 2 is 1.55 bits per heavy atom. The van der Waals surface area contributed by atoms with Gasteiger partial charge < -0.3 is 5.32 Å². The summed E-state index contributed by atoms with van der Waals surface area (Å²) >= 11 is 0. The van der Waals surface area contributed by atoms with Crippen LogP contribution < -0.4 is 10.0 Å². The van der Waals surface area contributed by atoms with Crippen LogP contribution in [0.3, 0.4) is 0 Å². The van der Waals surface area contributed by atoms with Crippen molar-refractivity contribution in [2.45, 2.75) is 57.9 Å². The van der Waals surface area contributed by atoms with Gasteiger partial charge in [0, 0.05) is 18.3 Å². The van der Waals surface area contributed by atoms with Crippen molar-refractivity contribution < 1.29 is 8.42 Å². The van der Waals surface area contributed by atoms with Crippen molar-refractivity contribution in [1.29, 1.82) is 0 Å². The molecule has 0 heterocycles. The van der Waals surface area contributed by atoms with Crippen molar-refractivity contribution in [3.63, 3.8) is 0 Å². The van der Waals surface area contributed by atoms with E-state index >= 15 is 0 Å². The van der Waals surface area contributed by atoms with Gasteiger partial charge in [-0.2, -0.15) is 0 Å². The monoisotopic (exact) mass is 298 g/mol. The summed E-state index contributed by atoms with van der Waals surface area (Å²) in [5.41, 5.74) is 2.04. The van der Waals surface area contributed by atoms with Crippen molar-refractivity contribution in [2.75, 3.05) is 12.4 Å². The maximum atomic E-state index is 12.7. The van der Waals surface area contributed by atoms with E-state index in [2.05, 4.69) is 10.0 Å². The Bertz CT molecular complexity index is 553. The number of anilines is 1. The summed E-state index contributed by atoms with van der Waals surface area (Å²) in [6, 6.07) is 3.72. The minimum atomic E-state index is -3.51. The first-order valence-corrected chi connectivity index (χ1v) is 8.50. The van der Waals surface area contributed by atoms with Crippen molar-refractivity contribution in [1.82, 2.24) is 4.72 Å². The zero-order valence-corrected chi connectivity index (χ0v) is 14.1. The molecule has 0 atom stereocenters. The molecule has 0 aliphatic carbocycles. The van der Waals surface area contributed by atoms with Gasteiger partial charge in [-0.05, 0) is 56.9 Å². The molecule has 4 nitrogen and oxygen atoms in total. The van der Waals surface area contributed by atoms with Gasteiger partial charge in [0.25, 0.3) is 0 Å². The molecule has 0 radical (unpaired) electrons. The third kappa shape index (κ3) is 3.52. The quantitative estimate of drug-likeness (QED) is 0.848. The number of hydrogen-bond donors (Lipinski definition) is 2. The zero-order valence-electron chi connectivity index (χ0n) is 13.3. The highest BCUT2D eigenvalue weighted by Crippen LogP contribution is 2.26. The fraction of sp³-hybridized carbons (Fsp3) is 0.600. The molecule has 0 bridgehead atoms. The molecule has 0 aromatic heterocycles. The van der Waals surface area contributed by atoms with Gasteiger partial charge in [0.2, 0.25) is 10.0 Å². The molecule has 114 valence electrons. The SMILES string of the molecule is CCC(C)(CC)NS(=O)(=O)c1c(C)cc(NC)cc1C. The molecule has 1 aromatic rings. The summed E-state index contributed by atoms with van der Waals surface area (Å²) in [4.78, 5) is 0.393. The van der Waals surface area contributed by atoms with E-state index in [0.717, 1.165) is 29.7 Å². The summed E-state index contributed by atoms with van der Waals surface area (Å²) in [7, 11) is -1.68. The molecule has 1 aromatic carbocycles. The van der Waals surface area contributed by atoms with Gasteiger partial charge in [-0.1, -0.05) is 13.8 Å². The lowest BCUT2D eigenvalue weighted by atomic mass is 9.98. The summed E-state index contributed by atoms with van der Waals surface area (Å²) in [5.74, 6) is 0. The van der Waals surface area contributed by atoms with Crippen molar-refractivity contribution in [2.24, 2.45) is 0 Å². The van der Waals surface area contributed by atoms with E-state index in [1.165, 1.54) is 0 Å². The van der Waals surface area contributed by atoms with Crippen molar-refractivity contribution >= 4 is 15.7 Å². The Morgan fingerprint density at radius 3 is 1.90 bits per heavy atom. The Kier molecular flexibility index (Phi) is 5.21. The van der Waals surface area contributed by atoms with Crippen LogP contribution in [0.4, 0.5) is 5.69 Å². The van der Waals surface area contributed by atoms with Gasteiger partial charge in [0.1, 0.15) is 0 Å². The Hall–Kier alpha value is -1.07. The predicted molar refractivity (Wildman–Crippen MR) is 84.8 cm³/mol. The van der Waals surface area contributed by atoms with Gasteiger partial charge in [-0.3, -0.25) is 0 Å². The molecule has 0 aliphatic heterocycles. The third-order valence-electron chi connectivity index (χ3n) is 3.96. The summed E-state index contributed by atoms with van der Waals surface area (Å²) in [6.07, 6.45) is 1.52. The Labute approximate surface area is 123 Å². The second-order valence-electron chi connectivity index (χ2n) is 5.56. The van der Waals surface area contributed by atoms with Crippen LogP contribution in [0.5, 0.6) is 0 Å². The van der Waals surface area contributed by atoms with Gasteiger partial charge in [-0.15, -0.1) is 0 Å². The highest BCUT2D eigenvalue weighted by atomic mass is 32.2. The molecule has 2 N–H and O–H groups in total. The van der Waals surface area contributed by atoms with E-state index in [1.807, 2.05) is 53.8 Å². The summed E-state index contributed by atoms with van der Waals surface area (Å²) in [5, 5.41) is 3.04. The number of nitrogens with one attached hydrogen (secondary N) is 2. The normalized spacial score (nSPS) is 12.5. The molecule has 0 aliphatic rings. The topological polar surface area (TPSA) is 58.2 Å². The minimum absolute atomic E-state index is 0.393. The minimum Gasteiger partial charge on any atom is -0.388 e. The highest BCUT2D eigenvalue weighted by molar-refractivity contribution is 7.89. The van der Waals surface area contributed by atoms with E-state index in [0.29, 0.717) is 4.90 Å². The number of sulfonamides is 1. The molecule has 0 amide bonds. The molecule has 5 heteroatoms. The van der Waals surface area contributed by atoms with Crippen LogP contribution in [0.15, 0.2) is 17.0 Å².